The van der Waals surface area contributed by atoms with Crippen molar-refractivity contribution in [3.63, 3.8) is 0 Å². The molecule has 2 fully saturated rings. The number of carbonyl (C=O) groups is 1. The Morgan fingerprint density at radius 1 is 0.795 bits per heavy atom. The van der Waals surface area contributed by atoms with Gasteiger partial charge in [0.1, 0.15) is 23.7 Å². The Labute approximate surface area is 254 Å². The molecule has 0 aliphatic carbocycles. The first-order valence-corrected chi connectivity index (χ1v) is 14.7. The van der Waals surface area contributed by atoms with E-state index in [0.717, 1.165) is 55.7 Å². The van der Waals surface area contributed by atoms with E-state index in [1.807, 2.05) is 30.3 Å². The van der Waals surface area contributed by atoms with Gasteiger partial charge in [0.15, 0.2) is 17.9 Å². The van der Waals surface area contributed by atoms with E-state index in [-0.39, 0.29) is 12.2 Å². The third kappa shape index (κ3) is 6.67. The summed E-state index contributed by atoms with van der Waals surface area (Å²) in [5.74, 6) is -1.22. The summed E-state index contributed by atoms with van der Waals surface area (Å²) < 4.78 is 40.5. The summed E-state index contributed by atoms with van der Waals surface area (Å²) in [7, 11) is 0. The molecule has 6 N–H and O–H groups in total. The number of benzene rings is 4. The number of rotatable bonds is 10. The zero-order valence-corrected chi connectivity index (χ0v) is 24.0. The predicted molar refractivity (Wildman–Crippen MR) is 165 cm³/mol. The average Bonchev–Trinajstić information content (AvgIpc) is 3.74. The third-order valence-corrected chi connectivity index (χ3v) is 7.93. The van der Waals surface area contributed by atoms with Gasteiger partial charge in [0, 0.05) is 41.0 Å². The Morgan fingerprint density at radius 2 is 1.41 bits per heavy atom. The molecule has 3 atom stereocenters. The molecule has 2 saturated heterocycles. The molecule has 10 heteroatoms. The first-order chi connectivity index (χ1) is 21.3. The molecule has 1 unspecified atom stereocenters. The van der Waals surface area contributed by atoms with Crippen molar-refractivity contribution < 1.29 is 28.2 Å². The second kappa shape index (κ2) is 13.0. The summed E-state index contributed by atoms with van der Waals surface area (Å²) in [6.07, 6.45) is 0.545. The number of nitrogens with two attached hydrogens (primary N) is 1. The van der Waals surface area contributed by atoms with Crippen LogP contribution in [0.1, 0.15) is 35.0 Å². The Morgan fingerprint density at radius 3 is 2.00 bits per heavy atom. The zero-order chi connectivity index (χ0) is 30.6. The van der Waals surface area contributed by atoms with Crippen LogP contribution < -0.4 is 31.2 Å². The number of ether oxygens (including phenoxy) is 2. The molecule has 44 heavy (non-hydrogen) atoms. The van der Waals surface area contributed by atoms with Crippen LogP contribution in [0.15, 0.2) is 78.9 Å². The van der Waals surface area contributed by atoms with Crippen LogP contribution in [0.3, 0.4) is 0 Å². The summed E-state index contributed by atoms with van der Waals surface area (Å²) in [5.41, 5.74) is 9.53. The van der Waals surface area contributed by atoms with Crippen LogP contribution in [0, 0.1) is 11.6 Å². The molecule has 8 nitrogen and oxygen atoms in total. The Balaban J connectivity index is 1.30. The summed E-state index contributed by atoms with van der Waals surface area (Å²) in [6.45, 7) is 3.15. The monoisotopic (exact) mass is 600 g/mol. The van der Waals surface area contributed by atoms with E-state index in [2.05, 4.69) is 16.0 Å². The molecule has 0 radical (unpaired) electrons. The average molecular weight is 601 g/mol. The summed E-state index contributed by atoms with van der Waals surface area (Å²) >= 11 is 0. The normalized spacial score (nSPS) is 18.6. The van der Waals surface area contributed by atoms with Crippen molar-refractivity contribution in [3.8, 4) is 33.8 Å². The van der Waals surface area contributed by atoms with E-state index in [0.29, 0.717) is 46.0 Å². The van der Waals surface area contributed by atoms with Crippen molar-refractivity contribution in [2.24, 2.45) is 5.73 Å². The SMILES string of the molecule is NC(=O)c1ccc(-c2cc(NC(O)c3ccc(O[C@H]4CCNC4)c(-c4ccc(F)c(F)c4)c3)ccc2O[C@H]2CCNC2)cc1. The summed E-state index contributed by atoms with van der Waals surface area (Å²) in [4.78, 5) is 11.6. The van der Waals surface area contributed by atoms with Gasteiger partial charge in [-0.1, -0.05) is 24.3 Å². The molecule has 0 aromatic heterocycles. The van der Waals surface area contributed by atoms with Crippen LogP contribution in [-0.2, 0) is 0 Å². The Kier molecular flexibility index (Phi) is 8.74. The molecule has 6 rings (SSSR count). The van der Waals surface area contributed by atoms with E-state index in [4.69, 9.17) is 15.2 Å². The number of aliphatic hydroxyl groups is 1. The van der Waals surface area contributed by atoms with Gasteiger partial charge in [-0.15, -0.1) is 0 Å². The summed E-state index contributed by atoms with van der Waals surface area (Å²) in [6, 6.07) is 21.4. The van der Waals surface area contributed by atoms with Crippen molar-refractivity contribution in [2.75, 3.05) is 31.5 Å². The molecule has 4 aromatic rings. The van der Waals surface area contributed by atoms with E-state index < -0.39 is 23.8 Å². The number of hydrogen-bond donors (Lipinski definition) is 5. The van der Waals surface area contributed by atoms with Gasteiger partial charge in [-0.05, 0) is 91.7 Å². The molecular formula is C34H34F2N4O4. The Bertz CT molecular complexity index is 1640. The molecule has 0 spiro atoms. The largest absolute Gasteiger partial charge is 0.488 e. The zero-order valence-electron chi connectivity index (χ0n) is 24.0. The van der Waals surface area contributed by atoms with E-state index >= 15 is 0 Å². The maximum atomic E-state index is 14.2. The number of halogens is 2. The molecule has 0 bridgehead atoms. The molecule has 2 aliphatic rings. The van der Waals surface area contributed by atoms with Crippen molar-refractivity contribution >= 4 is 11.6 Å². The van der Waals surface area contributed by atoms with Crippen LogP contribution >= 0.6 is 0 Å². The number of carbonyl (C=O) groups excluding carboxylic acids is 1. The van der Waals surface area contributed by atoms with Crippen molar-refractivity contribution in [1.82, 2.24) is 10.6 Å². The lowest BCUT2D eigenvalue weighted by Gasteiger charge is -2.21. The third-order valence-electron chi connectivity index (χ3n) is 7.93. The van der Waals surface area contributed by atoms with Crippen LogP contribution in [0.4, 0.5) is 14.5 Å². The maximum absolute atomic E-state index is 14.2. The summed E-state index contributed by atoms with van der Waals surface area (Å²) in [5, 5.41) is 21.0. The predicted octanol–water partition coefficient (Wildman–Crippen LogP) is 4.98. The highest BCUT2D eigenvalue weighted by molar-refractivity contribution is 5.93. The van der Waals surface area contributed by atoms with Gasteiger partial charge >= 0.3 is 0 Å². The quantitative estimate of drug-likeness (QED) is 0.163. The fourth-order valence-corrected chi connectivity index (χ4v) is 5.53. The fraction of sp³-hybridized carbons (Fsp3) is 0.265. The number of primary amides is 1. The fourth-order valence-electron chi connectivity index (χ4n) is 5.53. The van der Waals surface area contributed by atoms with E-state index in [9.17, 15) is 18.7 Å². The lowest BCUT2D eigenvalue weighted by atomic mass is 10.00. The number of amides is 1. The maximum Gasteiger partial charge on any atom is 0.248 e. The molecule has 2 heterocycles. The van der Waals surface area contributed by atoms with Crippen LogP contribution in [0.5, 0.6) is 11.5 Å². The van der Waals surface area contributed by atoms with E-state index in [1.165, 1.54) is 6.07 Å². The minimum absolute atomic E-state index is 0.0264. The first-order valence-electron chi connectivity index (χ1n) is 14.7. The number of anilines is 1. The van der Waals surface area contributed by atoms with Gasteiger partial charge < -0.3 is 36.3 Å². The molecule has 1 amide bonds. The van der Waals surface area contributed by atoms with Gasteiger partial charge in [0.2, 0.25) is 5.91 Å². The van der Waals surface area contributed by atoms with E-state index in [1.54, 1.807) is 30.3 Å². The van der Waals surface area contributed by atoms with Gasteiger partial charge in [-0.25, -0.2) is 8.78 Å². The number of hydrogen-bond acceptors (Lipinski definition) is 7. The van der Waals surface area contributed by atoms with Crippen LogP contribution in [0.2, 0.25) is 0 Å². The van der Waals surface area contributed by atoms with Crippen LogP contribution in [-0.4, -0.2) is 49.4 Å². The second-order valence-electron chi connectivity index (χ2n) is 11.0. The minimum Gasteiger partial charge on any atom is -0.488 e. The van der Waals surface area contributed by atoms with Crippen LogP contribution in [0.25, 0.3) is 22.3 Å². The first kappa shape index (κ1) is 29.6. The van der Waals surface area contributed by atoms with Gasteiger partial charge in [-0.3, -0.25) is 4.79 Å². The second-order valence-corrected chi connectivity index (χ2v) is 11.0. The molecular weight excluding hydrogens is 566 g/mol. The number of aliphatic hydroxyl groups excluding tert-OH is 1. The molecule has 2 aliphatic heterocycles. The smallest absolute Gasteiger partial charge is 0.248 e. The van der Waals surface area contributed by atoms with Gasteiger partial charge in [-0.2, -0.15) is 0 Å². The Hall–Kier alpha value is -4.51. The number of nitrogens with one attached hydrogen (secondary N) is 3. The highest BCUT2D eigenvalue weighted by Crippen LogP contribution is 2.37. The lowest BCUT2D eigenvalue weighted by Crippen LogP contribution is -2.20. The van der Waals surface area contributed by atoms with Gasteiger partial charge in [0.05, 0.1) is 0 Å². The molecule has 0 saturated carbocycles. The molecule has 228 valence electrons. The highest BCUT2D eigenvalue weighted by Gasteiger charge is 2.22. The highest BCUT2D eigenvalue weighted by atomic mass is 19.2. The van der Waals surface area contributed by atoms with Crippen molar-refractivity contribution in [1.29, 1.82) is 0 Å². The lowest BCUT2D eigenvalue weighted by molar-refractivity contribution is 0.1000. The van der Waals surface area contributed by atoms with Crippen molar-refractivity contribution in [3.05, 3.63) is 102 Å². The van der Waals surface area contributed by atoms with Crippen molar-refractivity contribution in [2.45, 2.75) is 31.3 Å². The molecule has 4 aromatic carbocycles. The van der Waals surface area contributed by atoms with Gasteiger partial charge in [0.25, 0.3) is 0 Å². The topological polar surface area (TPSA) is 118 Å². The standard InChI is InChI=1S/C34H34F2N4O4/c35-29-8-5-22(16-30(29)36)27-15-23(6-9-31(27)43-25-11-13-38-18-25)34(42)40-24-7-10-32(44-26-12-14-39-19-26)28(17-24)20-1-3-21(4-2-20)33(37)41/h1-10,15-17,25-26,34,38-40,42H,11-14,18-19H2,(H2,37,41)/t25-,26-,34?/m0/s1. The minimum atomic E-state index is -1.14.